The van der Waals surface area contributed by atoms with Crippen molar-refractivity contribution in [1.29, 1.82) is 0 Å². The Kier molecular flexibility index (Phi) is 3.06. The van der Waals surface area contributed by atoms with E-state index in [4.69, 9.17) is 0 Å². The Morgan fingerprint density at radius 1 is 1.00 bits per heavy atom. The summed E-state index contributed by atoms with van der Waals surface area (Å²) in [5, 5.41) is 20.5. The summed E-state index contributed by atoms with van der Waals surface area (Å²) in [5.41, 5.74) is -0.0285. The lowest BCUT2D eigenvalue weighted by atomic mass is 9.43. The maximum Gasteiger partial charge on any atom is 0.306 e. The molecule has 22 heavy (non-hydrogen) atoms. The van der Waals surface area contributed by atoms with Crippen molar-refractivity contribution in [3.05, 3.63) is 0 Å². The van der Waals surface area contributed by atoms with E-state index >= 15 is 0 Å². The van der Waals surface area contributed by atoms with Crippen molar-refractivity contribution in [2.45, 2.75) is 77.2 Å². The fourth-order valence-electron chi connectivity index (χ4n) is 7.70. The second-order valence-corrected chi connectivity index (χ2v) is 9.41. The van der Waals surface area contributed by atoms with E-state index in [-0.39, 0.29) is 16.7 Å². The minimum Gasteiger partial charge on any atom is -0.481 e. The van der Waals surface area contributed by atoms with Crippen LogP contribution in [-0.2, 0) is 4.79 Å². The molecule has 0 unspecified atom stereocenters. The number of aliphatic carboxylic acids is 1. The molecular formula is C19H30O3. The Balaban J connectivity index is 1.70. The van der Waals surface area contributed by atoms with Gasteiger partial charge in [-0.1, -0.05) is 13.3 Å². The number of carbonyl (C=O) groups is 1. The third-order valence-corrected chi connectivity index (χ3v) is 8.42. The van der Waals surface area contributed by atoms with Crippen LogP contribution in [0.3, 0.4) is 0 Å². The topological polar surface area (TPSA) is 57.5 Å². The standard InChI is InChI=1S/C19H30O3/c1-17-7-3-8-18(2,22)14(17)6-9-19-10-12(4-5-15(17)19)13(11-19)16(20)21/h12-15,22H,3-11H2,1-2H3,(H,20,21)/t12-,13+,14+,15+,17+,18+,19+/m0/s1. The zero-order valence-electron chi connectivity index (χ0n) is 14.0. The largest absolute Gasteiger partial charge is 0.481 e. The van der Waals surface area contributed by atoms with Crippen LogP contribution < -0.4 is 0 Å². The Morgan fingerprint density at radius 3 is 2.50 bits per heavy atom. The van der Waals surface area contributed by atoms with Crippen molar-refractivity contribution in [1.82, 2.24) is 0 Å². The highest BCUT2D eigenvalue weighted by Crippen LogP contribution is 2.71. The summed E-state index contributed by atoms with van der Waals surface area (Å²) in [6.07, 6.45) is 9.86. The molecule has 0 aromatic rings. The van der Waals surface area contributed by atoms with Gasteiger partial charge in [-0.15, -0.1) is 0 Å². The van der Waals surface area contributed by atoms with Crippen molar-refractivity contribution >= 4 is 5.97 Å². The molecular weight excluding hydrogens is 276 g/mol. The predicted molar refractivity (Wildman–Crippen MR) is 84.3 cm³/mol. The van der Waals surface area contributed by atoms with Gasteiger partial charge in [-0.3, -0.25) is 4.79 Å². The monoisotopic (exact) mass is 306 g/mol. The Hall–Kier alpha value is -0.570. The molecule has 0 amide bonds. The van der Waals surface area contributed by atoms with E-state index in [0.29, 0.717) is 17.8 Å². The molecule has 0 aromatic carbocycles. The Labute approximate surface area is 133 Å². The Bertz CT molecular complexity index is 499. The van der Waals surface area contributed by atoms with Gasteiger partial charge in [0.1, 0.15) is 0 Å². The van der Waals surface area contributed by atoms with Gasteiger partial charge in [0, 0.05) is 0 Å². The highest BCUT2D eigenvalue weighted by Gasteiger charge is 2.65. The molecule has 2 N–H and O–H groups in total. The first-order valence-electron chi connectivity index (χ1n) is 9.24. The van der Waals surface area contributed by atoms with E-state index in [0.717, 1.165) is 44.9 Å². The average Bonchev–Trinajstić information content (AvgIpc) is 2.69. The molecule has 0 aliphatic heterocycles. The molecule has 4 aliphatic rings. The maximum absolute atomic E-state index is 11.6. The lowest BCUT2D eigenvalue weighted by Crippen LogP contribution is -2.58. The molecule has 1 spiro atoms. The van der Waals surface area contributed by atoms with Crippen molar-refractivity contribution in [3.8, 4) is 0 Å². The van der Waals surface area contributed by atoms with Gasteiger partial charge >= 0.3 is 5.97 Å². The van der Waals surface area contributed by atoms with Crippen LogP contribution >= 0.6 is 0 Å². The van der Waals surface area contributed by atoms with Crippen LogP contribution in [0.2, 0.25) is 0 Å². The number of rotatable bonds is 1. The van der Waals surface area contributed by atoms with Crippen molar-refractivity contribution < 1.29 is 15.0 Å². The van der Waals surface area contributed by atoms with Crippen LogP contribution in [0.15, 0.2) is 0 Å². The molecule has 4 aliphatic carbocycles. The van der Waals surface area contributed by atoms with Gasteiger partial charge in [0.15, 0.2) is 0 Å². The number of carboxylic acids is 1. The van der Waals surface area contributed by atoms with Gasteiger partial charge in [-0.25, -0.2) is 0 Å². The number of fused-ring (bicyclic) bond motifs is 3. The van der Waals surface area contributed by atoms with Crippen LogP contribution in [0.5, 0.6) is 0 Å². The summed E-state index contributed by atoms with van der Waals surface area (Å²) in [4.78, 5) is 11.6. The molecule has 2 bridgehead atoms. The van der Waals surface area contributed by atoms with Gasteiger partial charge < -0.3 is 10.2 Å². The second kappa shape index (κ2) is 4.49. The van der Waals surface area contributed by atoms with E-state index in [2.05, 4.69) is 6.92 Å². The van der Waals surface area contributed by atoms with Gasteiger partial charge in [-0.2, -0.15) is 0 Å². The summed E-state index contributed by atoms with van der Waals surface area (Å²) >= 11 is 0. The molecule has 4 rings (SSSR count). The van der Waals surface area contributed by atoms with E-state index in [1.165, 1.54) is 12.8 Å². The average molecular weight is 306 g/mol. The molecule has 0 saturated heterocycles. The molecule has 0 aromatic heterocycles. The highest BCUT2D eigenvalue weighted by molar-refractivity contribution is 5.71. The first kappa shape index (κ1) is 15.0. The van der Waals surface area contributed by atoms with Crippen molar-refractivity contribution in [2.75, 3.05) is 0 Å². The lowest BCUT2D eigenvalue weighted by molar-refractivity contribution is -0.180. The Morgan fingerprint density at radius 2 is 1.77 bits per heavy atom. The second-order valence-electron chi connectivity index (χ2n) is 9.41. The molecule has 4 saturated carbocycles. The van der Waals surface area contributed by atoms with Gasteiger partial charge in [0.25, 0.3) is 0 Å². The first-order valence-corrected chi connectivity index (χ1v) is 9.24. The van der Waals surface area contributed by atoms with Gasteiger partial charge in [0.2, 0.25) is 0 Å². The summed E-state index contributed by atoms with van der Waals surface area (Å²) < 4.78 is 0. The van der Waals surface area contributed by atoms with E-state index in [1.54, 1.807) is 0 Å². The number of hydrogen-bond acceptors (Lipinski definition) is 2. The number of carboxylic acid groups (broad SMARTS) is 1. The smallest absolute Gasteiger partial charge is 0.306 e. The van der Waals surface area contributed by atoms with Crippen LogP contribution in [0, 0.1) is 34.5 Å². The van der Waals surface area contributed by atoms with E-state index in [1.807, 2.05) is 6.92 Å². The van der Waals surface area contributed by atoms with Crippen LogP contribution in [0.25, 0.3) is 0 Å². The van der Waals surface area contributed by atoms with Crippen LogP contribution in [0.4, 0.5) is 0 Å². The van der Waals surface area contributed by atoms with Crippen LogP contribution in [0.1, 0.15) is 71.6 Å². The normalized spacial score (nSPS) is 57.0. The number of aliphatic hydroxyl groups is 1. The van der Waals surface area contributed by atoms with Gasteiger partial charge in [0.05, 0.1) is 11.5 Å². The van der Waals surface area contributed by atoms with E-state index in [9.17, 15) is 15.0 Å². The molecule has 0 heterocycles. The molecule has 4 fully saturated rings. The maximum atomic E-state index is 11.6. The summed E-state index contributed by atoms with van der Waals surface area (Å²) in [5.74, 6) is 0.786. The number of hydrogen-bond donors (Lipinski definition) is 2. The first-order chi connectivity index (χ1) is 10.3. The molecule has 3 nitrogen and oxygen atoms in total. The summed E-state index contributed by atoms with van der Waals surface area (Å²) in [7, 11) is 0. The van der Waals surface area contributed by atoms with Crippen LogP contribution in [-0.4, -0.2) is 21.8 Å². The summed E-state index contributed by atoms with van der Waals surface area (Å²) in [6, 6.07) is 0. The molecule has 0 radical (unpaired) electrons. The fraction of sp³-hybridized carbons (Fsp3) is 0.947. The molecule has 3 heteroatoms. The van der Waals surface area contributed by atoms with Crippen molar-refractivity contribution in [2.24, 2.45) is 34.5 Å². The molecule has 124 valence electrons. The quantitative estimate of drug-likeness (QED) is 0.773. The SMILES string of the molecule is C[C@@]12CCC[C@@](C)(O)[C@@H]1CC[C@]13C[C@H](CC[C@@H]12)[C@H](C(=O)O)C3. The lowest BCUT2D eigenvalue weighted by Gasteiger charge is -2.63. The zero-order chi connectivity index (χ0) is 15.8. The third-order valence-electron chi connectivity index (χ3n) is 8.42. The molecule has 7 atom stereocenters. The van der Waals surface area contributed by atoms with Crippen molar-refractivity contribution in [3.63, 3.8) is 0 Å². The minimum absolute atomic E-state index is 0.103. The summed E-state index contributed by atoms with van der Waals surface area (Å²) in [6.45, 7) is 4.47. The predicted octanol–water partition coefficient (Wildman–Crippen LogP) is 3.84. The third kappa shape index (κ3) is 1.81. The fourth-order valence-corrected chi connectivity index (χ4v) is 7.70. The van der Waals surface area contributed by atoms with E-state index < -0.39 is 11.6 Å². The zero-order valence-corrected chi connectivity index (χ0v) is 14.0. The van der Waals surface area contributed by atoms with Gasteiger partial charge in [-0.05, 0) is 86.9 Å². The highest BCUT2D eigenvalue weighted by atomic mass is 16.4. The minimum atomic E-state index is -0.564.